The third kappa shape index (κ3) is 2.73. The highest BCUT2D eigenvalue weighted by Gasteiger charge is 2.21. The maximum atomic E-state index is 11.0. The molecule has 104 valence electrons. The van der Waals surface area contributed by atoms with Gasteiger partial charge in [0, 0.05) is 11.6 Å². The zero-order chi connectivity index (χ0) is 14.9. The molecule has 0 bridgehead atoms. The Morgan fingerprint density at radius 3 is 2.65 bits per heavy atom. The lowest BCUT2D eigenvalue weighted by Crippen LogP contribution is -2.00. The summed E-state index contributed by atoms with van der Waals surface area (Å²) in [5, 5.41) is 18.9. The number of hydrogen-bond acceptors (Lipinski definition) is 5. The maximum Gasteiger partial charge on any atom is 0.312 e. The standard InChI is InChI=1S/C12H9BrClN3O3/c1-6-7(2)12(16-15-11(6)14)20-10-8(13)4-3-5-9(10)17(18)19/h3-5H,1-2H3. The van der Waals surface area contributed by atoms with Gasteiger partial charge in [0.05, 0.1) is 9.40 Å². The second-order valence-corrected chi connectivity index (χ2v) is 5.21. The first-order valence-electron chi connectivity index (χ1n) is 5.52. The molecule has 1 aromatic heterocycles. The lowest BCUT2D eigenvalue weighted by molar-refractivity contribution is -0.385. The average molecular weight is 359 g/mol. The van der Waals surface area contributed by atoms with Gasteiger partial charge in [0.1, 0.15) is 0 Å². The number of halogens is 2. The van der Waals surface area contributed by atoms with Gasteiger partial charge in [-0.15, -0.1) is 10.2 Å². The molecular formula is C12H9BrClN3O3. The minimum atomic E-state index is -0.522. The van der Waals surface area contributed by atoms with E-state index in [1.165, 1.54) is 6.07 Å². The van der Waals surface area contributed by atoms with Crippen LogP contribution in [0, 0.1) is 24.0 Å². The largest absolute Gasteiger partial charge is 0.429 e. The summed E-state index contributed by atoms with van der Waals surface area (Å²) in [7, 11) is 0. The average Bonchev–Trinajstić information content (AvgIpc) is 2.41. The molecule has 0 aliphatic heterocycles. The van der Waals surface area contributed by atoms with Gasteiger partial charge >= 0.3 is 5.69 Å². The van der Waals surface area contributed by atoms with Crippen molar-refractivity contribution in [3.63, 3.8) is 0 Å². The van der Waals surface area contributed by atoms with Crippen LogP contribution in [-0.4, -0.2) is 15.1 Å². The molecule has 0 N–H and O–H groups in total. The molecule has 0 fully saturated rings. The van der Waals surface area contributed by atoms with Gasteiger partial charge in [0.2, 0.25) is 11.6 Å². The van der Waals surface area contributed by atoms with Crippen molar-refractivity contribution in [2.24, 2.45) is 0 Å². The van der Waals surface area contributed by atoms with Crippen LogP contribution in [0.25, 0.3) is 0 Å². The Hall–Kier alpha value is -1.73. The summed E-state index contributed by atoms with van der Waals surface area (Å²) in [5.41, 5.74) is 1.23. The Bertz CT molecular complexity index is 694. The molecule has 8 heteroatoms. The number of benzene rings is 1. The minimum Gasteiger partial charge on any atom is -0.429 e. The highest BCUT2D eigenvalue weighted by Crippen LogP contribution is 2.38. The van der Waals surface area contributed by atoms with E-state index >= 15 is 0 Å². The van der Waals surface area contributed by atoms with Gasteiger partial charge < -0.3 is 4.74 Å². The Morgan fingerprint density at radius 1 is 1.30 bits per heavy atom. The number of nitro benzene ring substituents is 1. The molecule has 0 aliphatic rings. The Kier molecular flexibility index (Phi) is 4.20. The molecule has 0 radical (unpaired) electrons. The zero-order valence-electron chi connectivity index (χ0n) is 10.6. The van der Waals surface area contributed by atoms with Gasteiger partial charge in [-0.25, -0.2) is 0 Å². The van der Waals surface area contributed by atoms with Crippen molar-refractivity contribution >= 4 is 33.2 Å². The van der Waals surface area contributed by atoms with Crippen LogP contribution in [0.15, 0.2) is 22.7 Å². The van der Waals surface area contributed by atoms with E-state index in [1.807, 2.05) is 0 Å². The van der Waals surface area contributed by atoms with Crippen molar-refractivity contribution < 1.29 is 9.66 Å². The Labute approximate surface area is 128 Å². The number of nitro groups is 1. The molecule has 1 aromatic carbocycles. The summed E-state index contributed by atoms with van der Waals surface area (Å²) in [6.07, 6.45) is 0. The fourth-order valence-electron chi connectivity index (χ4n) is 1.49. The van der Waals surface area contributed by atoms with E-state index in [-0.39, 0.29) is 22.5 Å². The van der Waals surface area contributed by atoms with E-state index in [1.54, 1.807) is 26.0 Å². The monoisotopic (exact) mass is 357 g/mol. The minimum absolute atomic E-state index is 0.0802. The predicted octanol–water partition coefficient (Wildman–Crippen LogP) is 4.21. The normalized spacial score (nSPS) is 10.4. The molecule has 0 saturated carbocycles. The summed E-state index contributed by atoms with van der Waals surface area (Å²) in [6.45, 7) is 3.53. The van der Waals surface area contributed by atoms with E-state index in [0.717, 1.165) is 0 Å². The number of hydrogen-bond donors (Lipinski definition) is 0. The first-order valence-corrected chi connectivity index (χ1v) is 6.69. The second kappa shape index (κ2) is 5.72. The fourth-order valence-corrected chi connectivity index (χ4v) is 2.11. The second-order valence-electron chi connectivity index (χ2n) is 3.99. The molecule has 0 saturated heterocycles. The zero-order valence-corrected chi connectivity index (χ0v) is 12.9. The topological polar surface area (TPSA) is 78.2 Å². The molecule has 0 spiro atoms. The van der Waals surface area contributed by atoms with Crippen LogP contribution in [0.2, 0.25) is 5.15 Å². The number of ether oxygens (including phenoxy) is 1. The highest BCUT2D eigenvalue weighted by molar-refractivity contribution is 9.10. The molecule has 2 aromatic rings. The van der Waals surface area contributed by atoms with Crippen molar-refractivity contribution in [3.8, 4) is 11.6 Å². The number of aromatic nitrogens is 2. The molecule has 0 amide bonds. The molecule has 6 nitrogen and oxygen atoms in total. The van der Waals surface area contributed by atoms with Crippen molar-refractivity contribution in [1.29, 1.82) is 0 Å². The van der Waals surface area contributed by atoms with Crippen LogP contribution >= 0.6 is 27.5 Å². The van der Waals surface area contributed by atoms with Gasteiger partial charge in [-0.2, -0.15) is 0 Å². The molecule has 2 rings (SSSR count). The van der Waals surface area contributed by atoms with E-state index in [9.17, 15) is 10.1 Å². The fraction of sp³-hybridized carbons (Fsp3) is 0.167. The Balaban J connectivity index is 2.51. The molecule has 0 aliphatic carbocycles. The van der Waals surface area contributed by atoms with Crippen molar-refractivity contribution in [3.05, 3.63) is 49.1 Å². The van der Waals surface area contributed by atoms with Gasteiger partial charge in [0.15, 0.2) is 5.15 Å². The maximum absolute atomic E-state index is 11.0. The van der Waals surface area contributed by atoms with Crippen LogP contribution in [0.3, 0.4) is 0 Å². The lowest BCUT2D eigenvalue weighted by atomic mass is 10.2. The molecule has 20 heavy (non-hydrogen) atoms. The first-order chi connectivity index (χ1) is 9.41. The van der Waals surface area contributed by atoms with Crippen molar-refractivity contribution in [2.75, 3.05) is 0 Å². The van der Waals surface area contributed by atoms with E-state index in [4.69, 9.17) is 16.3 Å². The molecular weight excluding hydrogens is 350 g/mol. The molecule has 0 atom stereocenters. The summed E-state index contributed by atoms with van der Waals surface area (Å²) < 4.78 is 6.01. The van der Waals surface area contributed by atoms with E-state index in [2.05, 4.69) is 26.1 Å². The molecule has 1 heterocycles. The summed E-state index contributed by atoms with van der Waals surface area (Å²) in [4.78, 5) is 10.5. The lowest BCUT2D eigenvalue weighted by Gasteiger charge is -2.10. The van der Waals surface area contributed by atoms with E-state index < -0.39 is 4.92 Å². The summed E-state index contributed by atoms with van der Waals surface area (Å²) in [5.74, 6) is 0.263. The SMILES string of the molecule is Cc1c(Cl)nnc(Oc2c(Br)cccc2[N+](=O)[O-])c1C. The quantitative estimate of drug-likeness (QED) is 0.606. The van der Waals surface area contributed by atoms with Crippen molar-refractivity contribution in [1.82, 2.24) is 10.2 Å². The van der Waals surface area contributed by atoms with Gasteiger partial charge in [-0.05, 0) is 41.4 Å². The number of nitrogens with zero attached hydrogens (tertiary/aromatic N) is 3. The van der Waals surface area contributed by atoms with Crippen LogP contribution in [0.5, 0.6) is 11.6 Å². The van der Waals surface area contributed by atoms with Crippen LogP contribution in [0.4, 0.5) is 5.69 Å². The third-order valence-corrected chi connectivity index (χ3v) is 3.75. The predicted molar refractivity (Wildman–Crippen MR) is 77.4 cm³/mol. The van der Waals surface area contributed by atoms with Crippen LogP contribution in [0.1, 0.15) is 11.1 Å². The Morgan fingerprint density at radius 2 is 2.00 bits per heavy atom. The van der Waals surface area contributed by atoms with Gasteiger partial charge in [-0.1, -0.05) is 17.7 Å². The highest BCUT2D eigenvalue weighted by atomic mass is 79.9. The van der Waals surface area contributed by atoms with Crippen LogP contribution < -0.4 is 4.74 Å². The van der Waals surface area contributed by atoms with Crippen molar-refractivity contribution in [2.45, 2.75) is 13.8 Å². The third-order valence-electron chi connectivity index (χ3n) is 2.76. The van der Waals surface area contributed by atoms with Gasteiger partial charge in [-0.3, -0.25) is 10.1 Å². The summed E-state index contributed by atoms with van der Waals surface area (Å²) in [6, 6.07) is 4.56. The van der Waals surface area contributed by atoms with Gasteiger partial charge in [0.25, 0.3) is 0 Å². The van der Waals surface area contributed by atoms with E-state index in [0.29, 0.717) is 15.6 Å². The summed E-state index contributed by atoms with van der Waals surface area (Å²) >= 11 is 9.08. The molecule has 0 unspecified atom stereocenters. The number of rotatable bonds is 3. The first kappa shape index (κ1) is 14.7. The smallest absolute Gasteiger partial charge is 0.312 e. The number of para-hydroxylation sites is 1. The van der Waals surface area contributed by atoms with Crippen LogP contribution in [-0.2, 0) is 0 Å².